The van der Waals surface area contributed by atoms with Gasteiger partial charge < -0.3 is 5.73 Å². The maximum absolute atomic E-state index is 6.99. The van der Waals surface area contributed by atoms with Crippen LogP contribution in [-0.2, 0) is 5.54 Å². The molecule has 0 radical (unpaired) electrons. The van der Waals surface area contributed by atoms with Crippen LogP contribution in [0.15, 0.2) is 53.9 Å². The molecule has 106 valence electrons. The fourth-order valence-electron chi connectivity index (χ4n) is 3.69. The van der Waals surface area contributed by atoms with Crippen molar-refractivity contribution in [3.63, 3.8) is 0 Å². The number of hydrogen-bond acceptors (Lipinski definition) is 2. The smallest absolute Gasteiger partial charge is 0.0682 e. The maximum Gasteiger partial charge on any atom is 0.0682 e. The number of nitrogens with two attached hydrogens (primary N) is 1. The minimum Gasteiger partial charge on any atom is -0.318 e. The first-order valence-electron chi connectivity index (χ1n) is 7.55. The highest BCUT2D eigenvalue weighted by molar-refractivity contribution is 7.17. The van der Waals surface area contributed by atoms with E-state index in [1.165, 1.54) is 26.8 Å². The van der Waals surface area contributed by atoms with Crippen molar-refractivity contribution < 1.29 is 0 Å². The van der Waals surface area contributed by atoms with E-state index in [9.17, 15) is 0 Å². The molecule has 1 aliphatic rings. The molecule has 1 aromatic heterocycles. The minimum absolute atomic E-state index is 0.354. The Morgan fingerprint density at radius 2 is 1.86 bits per heavy atom. The van der Waals surface area contributed by atoms with E-state index >= 15 is 0 Å². The number of rotatable bonds is 1. The summed E-state index contributed by atoms with van der Waals surface area (Å²) in [5.74, 6) is 0.598. The number of thiophene rings is 1. The third-order valence-corrected chi connectivity index (χ3v) is 5.87. The molecule has 0 saturated heterocycles. The van der Waals surface area contributed by atoms with E-state index in [-0.39, 0.29) is 5.54 Å². The molecule has 0 fully saturated rings. The first-order valence-corrected chi connectivity index (χ1v) is 8.43. The Morgan fingerprint density at radius 1 is 1.05 bits per heavy atom. The molecule has 2 aromatic carbocycles. The van der Waals surface area contributed by atoms with Crippen LogP contribution < -0.4 is 5.73 Å². The molecule has 2 unspecified atom stereocenters. The van der Waals surface area contributed by atoms with Gasteiger partial charge in [0.2, 0.25) is 0 Å². The summed E-state index contributed by atoms with van der Waals surface area (Å²) in [4.78, 5) is 0. The zero-order chi connectivity index (χ0) is 14.4. The zero-order valence-corrected chi connectivity index (χ0v) is 13.0. The summed E-state index contributed by atoms with van der Waals surface area (Å²) in [6.45, 7) is 2.31. The van der Waals surface area contributed by atoms with Crippen LogP contribution in [0.5, 0.6) is 0 Å². The summed E-state index contributed by atoms with van der Waals surface area (Å²) in [5, 5.41) is 3.47. The average Bonchev–Trinajstić information content (AvgIpc) is 3.00. The second-order valence-electron chi connectivity index (χ2n) is 6.14. The number of fused-ring (bicyclic) bond motifs is 2. The van der Waals surface area contributed by atoms with E-state index in [4.69, 9.17) is 5.73 Å². The lowest BCUT2D eigenvalue weighted by Gasteiger charge is -2.39. The monoisotopic (exact) mass is 293 g/mol. The SMILES string of the molecule is CC1CCC(N)(c2cccc3ccsc23)c2ccccc21. The molecule has 0 saturated carbocycles. The van der Waals surface area contributed by atoms with Crippen molar-refractivity contribution in [3.05, 3.63) is 70.6 Å². The average molecular weight is 293 g/mol. The standard InChI is InChI=1S/C19H19NS/c1-13-9-11-19(20,16-7-3-2-6-15(13)16)17-8-4-5-14-10-12-21-18(14)17/h2-8,10,12-13H,9,11,20H2,1H3. The summed E-state index contributed by atoms with van der Waals surface area (Å²) in [6, 6.07) is 17.4. The summed E-state index contributed by atoms with van der Waals surface area (Å²) < 4.78 is 1.34. The Balaban J connectivity index is 1.99. The normalized spacial score (nSPS) is 25.0. The van der Waals surface area contributed by atoms with Crippen molar-refractivity contribution in [2.24, 2.45) is 5.73 Å². The summed E-state index contributed by atoms with van der Waals surface area (Å²) >= 11 is 1.80. The quantitative estimate of drug-likeness (QED) is 0.671. The Labute approximate surface area is 129 Å². The zero-order valence-electron chi connectivity index (χ0n) is 12.2. The van der Waals surface area contributed by atoms with Crippen LogP contribution >= 0.6 is 11.3 Å². The van der Waals surface area contributed by atoms with Crippen LogP contribution in [0.1, 0.15) is 42.4 Å². The molecule has 3 aromatic rings. The van der Waals surface area contributed by atoms with E-state index in [1.807, 2.05) is 0 Å². The lowest BCUT2D eigenvalue weighted by Crippen LogP contribution is -2.41. The molecule has 21 heavy (non-hydrogen) atoms. The van der Waals surface area contributed by atoms with Gasteiger partial charge in [-0.15, -0.1) is 11.3 Å². The molecule has 1 aliphatic carbocycles. The predicted molar refractivity (Wildman–Crippen MR) is 90.9 cm³/mol. The first-order chi connectivity index (χ1) is 10.2. The van der Waals surface area contributed by atoms with Gasteiger partial charge in [-0.05, 0) is 52.3 Å². The Kier molecular flexibility index (Phi) is 2.91. The molecular weight excluding hydrogens is 274 g/mol. The van der Waals surface area contributed by atoms with Gasteiger partial charge in [-0.3, -0.25) is 0 Å². The highest BCUT2D eigenvalue weighted by Crippen LogP contribution is 2.45. The highest BCUT2D eigenvalue weighted by Gasteiger charge is 2.37. The molecule has 0 spiro atoms. The van der Waals surface area contributed by atoms with Crippen LogP contribution in [-0.4, -0.2) is 0 Å². The molecule has 1 nitrogen and oxygen atoms in total. The molecule has 2 heteroatoms. The van der Waals surface area contributed by atoms with E-state index in [1.54, 1.807) is 11.3 Å². The molecular formula is C19H19NS. The van der Waals surface area contributed by atoms with Crippen molar-refractivity contribution >= 4 is 21.4 Å². The van der Waals surface area contributed by atoms with Crippen molar-refractivity contribution in [1.29, 1.82) is 0 Å². The maximum atomic E-state index is 6.99. The van der Waals surface area contributed by atoms with Gasteiger partial charge in [0.25, 0.3) is 0 Å². The van der Waals surface area contributed by atoms with Gasteiger partial charge in [-0.2, -0.15) is 0 Å². The molecule has 0 bridgehead atoms. The van der Waals surface area contributed by atoms with E-state index < -0.39 is 0 Å². The molecule has 4 rings (SSSR count). The van der Waals surface area contributed by atoms with Gasteiger partial charge in [0.1, 0.15) is 0 Å². The molecule has 0 amide bonds. The van der Waals surface area contributed by atoms with Crippen LogP contribution in [0.4, 0.5) is 0 Å². The molecule has 2 atom stereocenters. The predicted octanol–water partition coefficient (Wildman–Crippen LogP) is 5.00. The lowest BCUT2D eigenvalue weighted by molar-refractivity contribution is 0.415. The third kappa shape index (κ3) is 1.86. The second kappa shape index (κ2) is 4.69. The van der Waals surface area contributed by atoms with Crippen molar-refractivity contribution in [3.8, 4) is 0 Å². The minimum atomic E-state index is -0.354. The van der Waals surface area contributed by atoms with E-state index in [0.717, 1.165) is 12.8 Å². The molecule has 1 heterocycles. The van der Waals surface area contributed by atoms with Gasteiger partial charge in [-0.25, -0.2) is 0 Å². The van der Waals surface area contributed by atoms with Crippen LogP contribution in [0, 0.1) is 0 Å². The number of benzene rings is 2. The van der Waals surface area contributed by atoms with Crippen LogP contribution in [0.25, 0.3) is 10.1 Å². The fourth-order valence-corrected chi connectivity index (χ4v) is 4.69. The van der Waals surface area contributed by atoms with Crippen LogP contribution in [0.3, 0.4) is 0 Å². The van der Waals surface area contributed by atoms with Crippen molar-refractivity contribution in [1.82, 2.24) is 0 Å². The van der Waals surface area contributed by atoms with E-state index in [2.05, 4.69) is 60.8 Å². The van der Waals surface area contributed by atoms with Gasteiger partial charge in [0.05, 0.1) is 5.54 Å². The Bertz CT molecular complexity index is 804. The number of hydrogen-bond donors (Lipinski definition) is 1. The molecule has 0 aliphatic heterocycles. The Morgan fingerprint density at radius 3 is 2.76 bits per heavy atom. The van der Waals surface area contributed by atoms with Gasteiger partial charge in [0, 0.05) is 4.70 Å². The van der Waals surface area contributed by atoms with Gasteiger partial charge >= 0.3 is 0 Å². The topological polar surface area (TPSA) is 26.0 Å². The van der Waals surface area contributed by atoms with Crippen molar-refractivity contribution in [2.45, 2.75) is 31.2 Å². The largest absolute Gasteiger partial charge is 0.318 e. The highest BCUT2D eigenvalue weighted by atomic mass is 32.1. The van der Waals surface area contributed by atoms with Crippen LogP contribution in [0.2, 0.25) is 0 Å². The first kappa shape index (κ1) is 13.1. The molecule has 2 N–H and O–H groups in total. The summed E-state index contributed by atoms with van der Waals surface area (Å²) in [7, 11) is 0. The fraction of sp³-hybridized carbons (Fsp3) is 0.263. The van der Waals surface area contributed by atoms with Gasteiger partial charge in [-0.1, -0.05) is 49.4 Å². The third-order valence-electron chi connectivity index (χ3n) is 4.90. The van der Waals surface area contributed by atoms with Gasteiger partial charge in [0.15, 0.2) is 0 Å². The lowest BCUT2D eigenvalue weighted by atomic mass is 9.69. The summed E-state index contributed by atoms with van der Waals surface area (Å²) in [5.41, 5.74) is 10.6. The second-order valence-corrected chi connectivity index (χ2v) is 7.06. The Hall–Kier alpha value is -1.64. The van der Waals surface area contributed by atoms with E-state index in [0.29, 0.717) is 5.92 Å². The summed E-state index contributed by atoms with van der Waals surface area (Å²) in [6.07, 6.45) is 2.16. The van der Waals surface area contributed by atoms with Crippen molar-refractivity contribution in [2.75, 3.05) is 0 Å².